The number of halogens is 2. The van der Waals surface area contributed by atoms with E-state index in [2.05, 4.69) is 34.2 Å². The molecule has 3 rings (SSSR count). The minimum Gasteiger partial charge on any atom is -0.356 e. The third-order valence-electron chi connectivity index (χ3n) is 4.64. The van der Waals surface area contributed by atoms with Gasteiger partial charge in [0.1, 0.15) is 0 Å². The van der Waals surface area contributed by atoms with Gasteiger partial charge in [-0.05, 0) is 50.0 Å². The van der Waals surface area contributed by atoms with Crippen LogP contribution in [-0.4, -0.2) is 40.6 Å². The number of carbonyl (C=O) groups excluding carboxylic acids is 1. The quantitative estimate of drug-likeness (QED) is 0.777. The Morgan fingerprint density at radius 2 is 2.07 bits per heavy atom. The highest BCUT2D eigenvalue weighted by Gasteiger charge is 2.26. The number of piperidine rings is 1. The maximum Gasteiger partial charge on any atom is 0.241 e. The number of nitrogens with one attached hydrogen (secondary N) is 1. The summed E-state index contributed by atoms with van der Waals surface area (Å²) in [7, 11) is 0. The smallest absolute Gasteiger partial charge is 0.241 e. The predicted octanol–water partition coefficient (Wildman–Crippen LogP) is 4.03. The Bertz CT molecular complexity index is 786. The van der Waals surface area contributed by atoms with E-state index in [0.717, 1.165) is 32.5 Å². The molecule has 1 aromatic heterocycles. The Balaban J connectivity index is 1.53. The number of carbonyl (C=O) groups is 1. The van der Waals surface area contributed by atoms with Crippen LogP contribution in [0.3, 0.4) is 0 Å². The van der Waals surface area contributed by atoms with Crippen molar-refractivity contribution in [1.29, 1.82) is 0 Å². The summed E-state index contributed by atoms with van der Waals surface area (Å²) in [6.45, 7) is 7.16. The number of aromatic nitrogens is 2. The fraction of sp³-hybridized carbons (Fsp3) is 0.526. The maximum atomic E-state index is 12.2. The van der Waals surface area contributed by atoms with Gasteiger partial charge < -0.3 is 9.84 Å². The highest BCUT2D eigenvalue weighted by molar-refractivity contribution is 6.36. The van der Waals surface area contributed by atoms with Crippen molar-refractivity contribution in [2.45, 2.75) is 33.2 Å². The van der Waals surface area contributed by atoms with Crippen molar-refractivity contribution in [3.63, 3.8) is 0 Å². The summed E-state index contributed by atoms with van der Waals surface area (Å²) >= 11 is 12.1. The second kappa shape index (κ2) is 9.04. The first-order chi connectivity index (χ1) is 12.9. The van der Waals surface area contributed by atoms with Crippen molar-refractivity contribution in [2.75, 3.05) is 19.6 Å². The standard InChI is InChI=1S/C19H24Cl2N4O2/c1-12(2)10-22-19(26)13-5-7-25(8-6-13)11-17-23-18(24-27-17)15-4-3-14(20)9-16(15)21/h3-4,9,12-13H,5-8,10-11H2,1-2H3,(H,22,26). The van der Waals surface area contributed by atoms with Gasteiger partial charge in [0.2, 0.25) is 17.6 Å². The molecule has 1 amide bonds. The summed E-state index contributed by atoms with van der Waals surface area (Å²) in [5, 5.41) is 8.10. The zero-order valence-corrected chi connectivity index (χ0v) is 17.1. The zero-order chi connectivity index (χ0) is 19.4. The van der Waals surface area contributed by atoms with Crippen LogP contribution < -0.4 is 5.32 Å². The molecule has 1 saturated heterocycles. The van der Waals surface area contributed by atoms with Crippen LogP contribution >= 0.6 is 23.2 Å². The van der Waals surface area contributed by atoms with E-state index in [9.17, 15) is 4.79 Å². The fourth-order valence-electron chi connectivity index (χ4n) is 3.09. The van der Waals surface area contributed by atoms with Crippen LogP contribution in [0.1, 0.15) is 32.6 Å². The zero-order valence-electron chi connectivity index (χ0n) is 15.5. The molecule has 6 nitrogen and oxygen atoms in total. The largest absolute Gasteiger partial charge is 0.356 e. The number of hydrogen-bond acceptors (Lipinski definition) is 5. The van der Waals surface area contributed by atoms with E-state index in [1.54, 1.807) is 18.2 Å². The molecule has 27 heavy (non-hydrogen) atoms. The lowest BCUT2D eigenvalue weighted by Crippen LogP contribution is -2.41. The van der Waals surface area contributed by atoms with Gasteiger partial charge >= 0.3 is 0 Å². The second-order valence-electron chi connectivity index (χ2n) is 7.33. The van der Waals surface area contributed by atoms with Crippen LogP contribution in [-0.2, 0) is 11.3 Å². The lowest BCUT2D eigenvalue weighted by Gasteiger charge is -2.30. The Morgan fingerprint density at radius 1 is 1.33 bits per heavy atom. The van der Waals surface area contributed by atoms with E-state index in [4.69, 9.17) is 27.7 Å². The Morgan fingerprint density at radius 3 is 2.74 bits per heavy atom. The first-order valence-corrected chi connectivity index (χ1v) is 9.96. The number of nitrogens with zero attached hydrogens (tertiary/aromatic N) is 3. The third kappa shape index (κ3) is 5.43. The van der Waals surface area contributed by atoms with Crippen LogP contribution in [0.25, 0.3) is 11.4 Å². The molecule has 0 unspecified atom stereocenters. The van der Waals surface area contributed by atoms with Gasteiger partial charge in [0.15, 0.2) is 0 Å². The van der Waals surface area contributed by atoms with Gasteiger partial charge in [-0.3, -0.25) is 9.69 Å². The highest BCUT2D eigenvalue weighted by atomic mass is 35.5. The van der Waals surface area contributed by atoms with Gasteiger partial charge in [-0.25, -0.2) is 0 Å². The van der Waals surface area contributed by atoms with Crippen molar-refractivity contribution in [1.82, 2.24) is 20.4 Å². The first kappa shape index (κ1) is 20.1. The predicted molar refractivity (Wildman–Crippen MR) is 106 cm³/mol. The average Bonchev–Trinajstić information content (AvgIpc) is 3.08. The second-order valence-corrected chi connectivity index (χ2v) is 8.17. The van der Waals surface area contributed by atoms with Crippen LogP contribution in [0.15, 0.2) is 22.7 Å². The van der Waals surface area contributed by atoms with Crippen molar-refractivity contribution in [3.8, 4) is 11.4 Å². The highest BCUT2D eigenvalue weighted by Crippen LogP contribution is 2.28. The van der Waals surface area contributed by atoms with Crippen molar-refractivity contribution in [3.05, 3.63) is 34.1 Å². The SMILES string of the molecule is CC(C)CNC(=O)C1CCN(Cc2nc(-c3ccc(Cl)cc3Cl)no2)CC1. The lowest BCUT2D eigenvalue weighted by atomic mass is 9.95. The monoisotopic (exact) mass is 410 g/mol. The summed E-state index contributed by atoms with van der Waals surface area (Å²) in [5.41, 5.74) is 0.691. The molecule has 1 fully saturated rings. The molecule has 1 N–H and O–H groups in total. The molecule has 0 aliphatic carbocycles. The number of hydrogen-bond donors (Lipinski definition) is 1. The maximum absolute atomic E-state index is 12.2. The topological polar surface area (TPSA) is 71.3 Å². The van der Waals surface area contributed by atoms with E-state index in [1.165, 1.54) is 0 Å². The summed E-state index contributed by atoms with van der Waals surface area (Å²) in [6, 6.07) is 5.18. The van der Waals surface area contributed by atoms with E-state index < -0.39 is 0 Å². The van der Waals surface area contributed by atoms with E-state index in [0.29, 0.717) is 39.8 Å². The molecule has 2 aromatic rings. The molecule has 0 atom stereocenters. The normalized spacial score (nSPS) is 16.0. The molecule has 2 heterocycles. The average molecular weight is 411 g/mol. The van der Waals surface area contributed by atoms with Gasteiger partial charge in [0.25, 0.3) is 0 Å². The molecule has 0 radical (unpaired) electrons. The molecular weight excluding hydrogens is 387 g/mol. The molecule has 146 valence electrons. The van der Waals surface area contributed by atoms with Crippen LogP contribution in [0.2, 0.25) is 10.0 Å². The summed E-state index contributed by atoms with van der Waals surface area (Å²) in [6.07, 6.45) is 1.68. The Kier molecular flexibility index (Phi) is 6.73. The number of rotatable bonds is 6. The van der Waals surface area contributed by atoms with E-state index >= 15 is 0 Å². The summed E-state index contributed by atoms with van der Waals surface area (Å²) in [5.74, 6) is 1.72. The molecule has 1 aliphatic heterocycles. The Labute approximate surface area is 169 Å². The minimum atomic E-state index is 0.0890. The van der Waals surface area contributed by atoms with Crippen molar-refractivity contribution in [2.24, 2.45) is 11.8 Å². The minimum absolute atomic E-state index is 0.0890. The van der Waals surface area contributed by atoms with Crippen molar-refractivity contribution < 1.29 is 9.32 Å². The lowest BCUT2D eigenvalue weighted by molar-refractivity contribution is -0.126. The molecule has 1 aliphatic rings. The number of amides is 1. The van der Waals surface area contributed by atoms with Gasteiger partial charge in [-0.1, -0.05) is 42.2 Å². The molecule has 8 heteroatoms. The molecular formula is C19H24Cl2N4O2. The molecule has 1 aromatic carbocycles. The number of benzene rings is 1. The van der Waals surface area contributed by atoms with E-state index in [-0.39, 0.29) is 11.8 Å². The van der Waals surface area contributed by atoms with Crippen LogP contribution in [0.4, 0.5) is 0 Å². The third-order valence-corrected chi connectivity index (χ3v) is 5.19. The van der Waals surface area contributed by atoms with Gasteiger partial charge in [0.05, 0.1) is 11.6 Å². The molecule has 0 spiro atoms. The fourth-order valence-corrected chi connectivity index (χ4v) is 3.59. The van der Waals surface area contributed by atoms with E-state index in [1.807, 2.05) is 0 Å². The molecule has 0 saturated carbocycles. The van der Waals surface area contributed by atoms with Crippen LogP contribution in [0, 0.1) is 11.8 Å². The summed E-state index contributed by atoms with van der Waals surface area (Å²) in [4.78, 5) is 18.9. The summed E-state index contributed by atoms with van der Waals surface area (Å²) < 4.78 is 5.37. The molecule has 0 bridgehead atoms. The van der Waals surface area contributed by atoms with Gasteiger partial charge in [-0.15, -0.1) is 0 Å². The van der Waals surface area contributed by atoms with Crippen molar-refractivity contribution >= 4 is 29.1 Å². The van der Waals surface area contributed by atoms with Gasteiger partial charge in [0, 0.05) is 23.0 Å². The van der Waals surface area contributed by atoms with Gasteiger partial charge in [-0.2, -0.15) is 4.98 Å². The first-order valence-electron chi connectivity index (χ1n) is 9.20. The Hall–Kier alpha value is -1.63. The van der Waals surface area contributed by atoms with Crippen LogP contribution in [0.5, 0.6) is 0 Å². The number of likely N-dealkylation sites (tertiary alicyclic amines) is 1.